The van der Waals surface area contributed by atoms with Gasteiger partial charge in [0.1, 0.15) is 11.4 Å². The maximum absolute atomic E-state index is 10.9. The van der Waals surface area contributed by atoms with Crippen LogP contribution in [0.2, 0.25) is 0 Å². The molecule has 0 bridgehead atoms. The second kappa shape index (κ2) is 13.0. The number of benzene rings is 1. The van der Waals surface area contributed by atoms with Gasteiger partial charge in [-0.05, 0) is 92.4 Å². The van der Waals surface area contributed by atoms with E-state index in [1.54, 1.807) is 0 Å². The Morgan fingerprint density at radius 1 is 1.03 bits per heavy atom. The van der Waals surface area contributed by atoms with Gasteiger partial charge in [-0.3, -0.25) is 0 Å². The number of hydrogen-bond donors (Lipinski definition) is 3. The standard InChI is InChI=1S/C20H24O2.C12H24O/c1-3-20(22)11-9-18-17-6-4-13-12-14(21)5-7-15(13)16(17)8-10-19(18,20)2;1-2-3-4-5-6-7-8-9-10-11-12-13/h1,5,7,12,16-18,21-22H,4,6,8-11H2,2H3;10-11,13H,2-9,12H2,1H3/b;11-10+/t16-,17-,18+,19+,20+;/m1./s1. The Morgan fingerprint density at radius 2 is 1.77 bits per heavy atom. The number of aliphatic hydroxyl groups is 2. The van der Waals surface area contributed by atoms with Crippen molar-refractivity contribution in [2.75, 3.05) is 6.61 Å². The van der Waals surface area contributed by atoms with Crippen molar-refractivity contribution in [1.29, 1.82) is 0 Å². The molecule has 1 aromatic carbocycles. The fourth-order valence-electron chi connectivity index (χ4n) is 7.23. The molecule has 2 saturated carbocycles. The molecule has 194 valence electrons. The molecule has 0 aliphatic heterocycles. The third kappa shape index (κ3) is 6.33. The van der Waals surface area contributed by atoms with Crippen LogP contribution >= 0.6 is 0 Å². The van der Waals surface area contributed by atoms with Crippen molar-refractivity contribution in [2.45, 2.75) is 115 Å². The van der Waals surface area contributed by atoms with Crippen molar-refractivity contribution in [2.24, 2.45) is 17.3 Å². The van der Waals surface area contributed by atoms with E-state index in [0.717, 1.165) is 44.9 Å². The number of aliphatic hydroxyl groups excluding tert-OH is 1. The van der Waals surface area contributed by atoms with E-state index < -0.39 is 5.60 Å². The van der Waals surface area contributed by atoms with Gasteiger partial charge in [-0.15, -0.1) is 6.42 Å². The predicted octanol–water partition coefficient (Wildman–Crippen LogP) is 7.29. The summed E-state index contributed by atoms with van der Waals surface area (Å²) in [6, 6.07) is 5.87. The second-order valence-electron chi connectivity index (χ2n) is 11.4. The van der Waals surface area contributed by atoms with Crippen LogP contribution in [0.3, 0.4) is 0 Å². The van der Waals surface area contributed by atoms with Gasteiger partial charge in [-0.2, -0.15) is 0 Å². The average Bonchev–Trinajstić information content (AvgIpc) is 3.14. The van der Waals surface area contributed by atoms with Crippen LogP contribution < -0.4 is 0 Å². The molecule has 0 aromatic heterocycles. The van der Waals surface area contributed by atoms with E-state index in [1.807, 2.05) is 18.2 Å². The number of aromatic hydroxyl groups is 1. The first kappa shape index (κ1) is 27.8. The number of phenols is 1. The van der Waals surface area contributed by atoms with E-state index in [1.165, 1.54) is 56.1 Å². The fourth-order valence-corrected chi connectivity index (χ4v) is 7.23. The summed E-state index contributed by atoms with van der Waals surface area (Å²) in [6.07, 6.45) is 26.4. The zero-order valence-corrected chi connectivity index (χ0v) is 22.1. The third-order valence-electron chi connectivity index (χ3n) is 9.35. The van der Waals surface area contributed by atoms with E-state index in [2.05, 4.69) is 31.9 Å². The number of aryl methyl sites for hydroxylation is 1. The van der Waals surface area contributed by atoms with Crippen LogP contribution in [-0.4, -0.2) is 27.5 Å². The van der Waals surface area contributed by atoms with Crippen LogP contribution in [0.1, 0.15) is 114 Å². The van der Waals surface area contributed by atoms with Gasteiger partial charge in [0.25, 0.3) is 0 Å². The monoisotopic (exact) mass is 480 g/mol. The van der Waals surface area contributed by atoms with Crippen LogP contribution in [-0.2, 0) is 6.42 Å². The number of phenolic OH excluding ortho intramolecular Hbond substituents is 1. The number of allylic oxidation sites excluding steroid dienone is 1. The molecule has 0 amide bonds. The highest BCUT2D eigenvalue weighted by Gasteiger charge is 2.61. The zero-order valence-electron chi connectivity index (χ0n) is 22.1. The van der Waals surface area contributed by atoms with Crippen molar-refractivity contribution in [3.63, 3.8) is 0 Å². The van der Waals surface area contributed by atoms with Crippen LogP contribution in [0.25, 0.3) is 0 Å². The summed E-state index contributed by atoms with van der Waals surface area (Å²) in [5, 5.41) is 29.1. The fraction of sp³-hybridized carbons (Fsp3) is 0.688. The van der Waals surface area contributed by atoms with Gasteiger partial charge < -0.3 is 15.3 Å². The number of unbranched alkanes of at least 4 members (excludes halogenated alkanes) is 7. The molecule has 0 saturated heterocycles. The summed E-state index contributed by atoms with van der Waals surface area (Å²) in [5.41, 5.74) is 1.69. The molecule has 35 heavy (non-hydrogen) atoms. The minimum absolute atomic E-state index is 0.128. The first-order valence-electron chi connectivity index (χ1n) is 14.2. The van der Waals surface area contributed by atoms with E-state index in [4.69, 9.17) is 11.5 Å². The summed E-state index contributed by atoms with van der Waals surface area (Å²) in [7, 11) is 0. The molecule has 3 heteroatoms. The number of hydrogen-bond acceptors (Lipinski definition) is 3. The molecule has 3 aliphatic carbocycles. The van der Waals surface area contributed by atoms with Crippen LogP contribution in [0.5, 0.6) is 5.75 Å². The van der Waals surface area contributed by atoms with E-state index in [0.29, 0.717) is 23.5 Å². The number of fused-ring (bicyclic) bond motifs is 5. The maximum atomic E-state index is 10.9. The van der Waals surface area contributed by atoms with Gasteiger partial charge in [0.2, 0.25) is 0 Å². The van der Waals surface area contributed by atoms with E-state index in [9.17, 15) is 10.2 Å². The molecule has 0 unspecified atom stereocenters. The third-order valence-corrected chi connectivity index (χ3v) is 9.35. The molecule has 4 rings (SSSR count). The lowest BCUT2D eigenvalue weighted by atomic mass is 9.53. The van der Waals surface area contributed by atoms with Gasteiger partial charge >= 0.3 is 0 Å². The highest BCUT2D eigenvalue weighted by Crippen LogP contribution is 2.64. The predicted molar refractivity (Wildman–Crippen MR) is 145 cm³/mol. The van der Waals surface area contributed by atoms with E-state index >= 15 is 0 Å². The lowest BCUT2D eigenvalue weighted by molar-refractivity contribution is -0.0646. The van der Waals surface area contributed by atoms with Gasteiger partial charge in [0, 0.05) is 5.41 Å². The molecule has 3 aliphatic rings. The Bertz CT molecular complexity index is 868. The van der Waals surface area contributed by atoms with Crippen LogP contribution in [0.15, 0.2) is 30.4 Å². The first-order valence-corrected chi connectivity index (χ1v) is 14.2. The van der Waals surface area contributed by atoms with Crippen LogP contribution in [0.4, 0.5) is 0 Å². The van der Waals surface area contributed by atoms with Crippen molar-refractivity contribution < 1.29 is 15.3 Å². The van der Waals surface area contributed by atoms with E-state index in [-0.39, 0.29) is 12.0 Å². The lowest BCUT2D eigenvalue weighted by Gasteiger charge is -2.52. The highest BCUT2D eigenvalue weighted by molar-refractivity contribution is 5.40. The van der Waals surface area contributed by atoms with Crippen molar-refractivity contribution in [1.82, 2.24) is 0 Å². The molecular weight excluding hydrogens is 432 g/mol. The minimum atomic E-state index is -0.919. The quantitative estimate of drug-likeness (QED) is 0.198. The van der Waals surface area contributed by atoms with Crippen molar-refractivity contribution in [3.05, 3.63) is 41.5 Å². The van der Waals surface area contributed by atoms with Gasteiger partial charge in [0.05, 0.1) is 6.61 Å². The average molecular weight is 481 g/mol. The molecule has 0 spiro atoms. The summed E-state index contributed by atoms with van der Waals surface area (Å²) in [6.45, 7) is 4.66. The highest BCUT2D eigenvalue weighted by atomic mass is 16.3. The van der Waals surface area contributed by atoms with Crippen molar-refractivity contribution in [3.8, 4) is 18.1 Å². The zero-order chi connectivity index (χ0) is 25.3. The van der Waals surface area contributed by atoms with Gasteiger partial charge in [0.15, 0.2) is 0 Å². The largest absolute Gasteiger partial charge is 0.508 e. The molecule has 0 radical (unpaired) electrons. The Morgan fingerprint density at radius 3 is 2.49 bits per heavy atom. The SMILES string of the molecule is C#C[C@]1(O)CC[C@H]2[C@@H]3CCc4cc(O)ccc4[C@H]3CC[C@@]21C.CCCCCCCCC/C=C/CO. The molecule has 1 aromatic rings. The van der Waals surface area contributed by atoms with Gasteiger partial charge in [-0.1, -0.05) is 76.5 Å². The number of rotatable bonds is 9. The topological polar surface area (TPSA) is 60.7 Å². The summed E-state index contributed by atoms with van der Waals surface area (Å²) >= 11 is 0. The molecule has 0 heterocycles. The Labute approximate surface area is 214 Å². The minimum Gasteiger partial charge on any atom is -0.508 e. The maximum Gasteiger partial charge on any atom is 0.130 e. The normalized spacial score (nSPS) is 31.1. The summed E-state index contributed by atoms with van der Waals surface area (Å²) in [5.74, 6) is 4.82. The van der Waals surface area contributed by atoms with Crippen molar-refractivity contribution >= 4 is 0 Å². The summed E-state index contributed by atoms with van der Waals surface area (Å²) < 4.78 is 0. The smallest absolute Gasteiger partial charge is 0.130 e. The Hall–Kier alpha value is -1.76. The Kier molecular flexibility index (Phi) is 10.3. The van der Waals surface area contributed by atoms with Gasteiger partial charge in [-0.25, -0.2) is 0 Å². The molecular formula is C32H48O3. The second-order valence-corrected chi connectivity index (χ2v) is 11.4. The number of terminal acetylenes is 1. The first-order chi connectivity index (χ1) is 16.9. The molecule has 2 fully saturated rings. The Balaban J connectivity index is 0.000000228. The molecule has 3 N–H and O–H groups in total. The lowest BCUT2D eigenvalue weighted by Crippen LogP contribution is -2.50. The summed E-state index contributed by atoms with van der Waals surface area (Å²) in [4.78, 5) is 0. The molecule has 3 nitrogen and oxygen atoms in total. The van der Waals surface area contributed by atoms with Crippen LogP contribution in [0, 0.1) is 29.6 Å². The molecule has 5 atom stereocenters.